The molecule has 0 spiro atoms. The maximum atomic E-state index is 12.4. The number of carbonyl (C=O) groups excluding carboxylic acids is 1. The van der Waals surface area contributed by atoms with Gasteiger partial charge >= 0.3 is 0 Å². The van der Waals surface area contributed by atoms with Crippen LogP contribution >= 0.6 is 0 Å². The van der Waals surface area contributed by atoms with Crippen molar-refractivity contribution in [1.29, 1.82) is 0 Å². The van der Waals surface area contributed by atoms with Gasteiger partial charge in [0, 0.05) is 32.6 Å². The van der Waals surface area contributed by atoms with E-state index in [0.717, 1.165) is 28.9 Å². The molecule has 4 nitrogen and oxygen atoms in total. The third-order valence-electron chi connectivity index (χ3n) is 4.37. The summed E-state index contributed by atoms with van der Waals surface area (Å²) >= 11 is 0. The van der Waals surface area contributed by atoms with Crippen LogP contribution in [0.5, 0.6) is 0 Å². The van der Waals surface area contributed by atoms with E-state index >= 15 is 0 Å². The summed E-state index contributed by atoms with van der Waals surface area (Å²) in [5, 5.41) is 6.29. The number of hydrogen-bond donors (Lipinski definition) is 0. The molecule has 0 N–H and O–H groups in total. The Hall–Kier alpha value is -2.62. The van der Waals surface area contributed by atoms with Crippen molar-refractivity contribution in [3.8, 4) is 0 Å². The van der Waals surface area contributed by atoms with Crippen molar-refractivity contribution in [2.24, 2.45) is 5.10 Å². The van der Waals surface area contributed by atoms with Crippen LogP contribution in [0.4, 0.5) is 5.69 Å². The molecule has 1 aliphatic rings. The highest BCUT2D eigenvalue weighted by molar-refractivity contribution is 6.03. The standard InChI is InChI=1S/C20H23N3O/c1-4-20(24)23-19(16-10-12-17(13-11-16)22(2)3)14-18(21-23)15-8-6-5-7-9-15/h5-13,19H,4,14H2,1-3H3/t19-/m1/s1. The smallest absolute Gasteiger partial charge is 0.242 e. The van der Waals surface area contributed by atoms with E-state index in [1.165, 1.54) is 0 Å². The lowest BCUT2D eigenvalue weighted by Crippen LogP contribution is -2.26. The van der Waals surface area contributed by atoms with Gasteiger partial charge in [0.05, 0.1) is 11.8 Å². The van der Waals surface area contributed by atoms with E-state index in [9.17, 15) is 4.79 Å². The molecule has 0 fully saturated rings. The second kappa shape index (κ2) is 6.87. The molecule has 1 amide bonds. The molecule has 4 heteroatoms. The lowest BCUT2D eigenvalue weighted by Gasteiger charge is -2.22. The summed E-state index contributed by atoms with van der Waals surface area (Å²) in [6.07, 6.45) is 1.20. The number of benzene rings is 2. The minimum absolute atomic E-state index is 0.0242. The lowest BCUT2D eigenvalue weighted by atomic mass is 9.98. The second-order valence-corrected chi connectivity index (χ2v) is 6.21. The third-order valence-corrected chi connectivity index (χ3v) is 4.37. The van der Waals surface area contributed by atoms with E-state index in [0.29, 0.717) is 6.42 Å². The lowest BCUT2D eigenvalue weighted by molar-refractivity contribution is -0.132. The summed E-state index contributed by atoms with van der Waals surface area (Å²) < 4.78 is 0. The molecule has 0 saturated heterocycles. The molecule has 0 saturated carbocycles. The molecule has 1 atom stereocenters. The Kier molecular flexibility index (Phi) is 4.65. The predicted molar refractivity (Wildman–Crippen MR) is 98.2 cm³/mol. The zero-order valence-corrected chi connectivity index (χ0v) is 14.4. The van der Waals surface area contributed by atoms with Gasteiger partial charge in [-0.25, -0.2) is 5.01 Å². The summed E-state index contributed by atoms with van der Waals surface area (Å²) in [7, 11) is 4.04. The Morgan fingerprint density at radius 1 is 1.12 bits per heavy atom. The molecule has 0 bridgehead atoms. The second-order valence-electron chi connectivity index (χ2n) is 6.21. The first-order valence-corrected chi connectivity index (χ1v) is 8.32. The van der Waals surface area contributed by atoms with Crippen LogP contribution in [-0.2, 0) is 4.79 Å². The van der Waals surface area contributed by atoms with Crippen LogP contribution in [-0.4, -0.2) is 30.7 Å². The molecular formula is C20H23N3O. The summed E-state index contributed by atoms with van der Waals surface area (Å²) in [5.74, 6) is 0.0580. The van der Waals surface area contributed by atoms with Gasteiger partial charge in [-0.1, -0.05) is 49.4 Å². The van der Waals surface area contributed by atoms with Gasteiger partial charge in [0.1, 0.15) is 0 Å². The first kappa shape index (κ1) is 16.2. The van der Waals surface area contributed by atoms with Gasteiger partial charge in [0.2, 0.25) is 5.91 Å². The minimum Gasteiger partial charge on any atom is -0.378 e. The summed E-state index contributed by atoms with van der Waals surface area (Å²) in [6, 6.07) is 18.4. The van der Waals surface area contributed by atoms with Crippen LogP contribution in [0.3, 0.4) is 0 Å². The fourth-order valence-electron chi connectivity index (χ4n) is 2.96. The molecule has 2 aromatic rings. The fourth-order valence-corrected chi connectivity index (χ4v) is 2.96. The maximum absolute atomic E-state index is 12.4. The number of amides is 1. The van der Waals surface area contributed by atoms with Gasteiger partial charge in [-0.2, -0.15) is 5.10 Å². The minimum atomic E-state index is -0.0242. The van der Waals surface area contributed by atoms with Crippen molar-refractivity contribution in [2.45, 2.75) is 25.8 Å². The zero-order chi connectivity index (χ0) is 17.1. The highest BCUT2D eigenvalue weighted by Gasteiger charge is 2.32. The molecule has 1 aliphatic heterocycles. The van der Waals surface area contributed by atoms with Gasteiger partial charge in [0.15, 0.2) is 0 Å². The molecule has 0 aromatic heterocycles. The van der Waals surface area contributed by atoms with E-state index in [4.69, 9.17) is 0 Å². The van der Waals surface area contributed by atoms with Crippen molar-refractivity contribution < 1.29 is 4.79 Å². The largest absolute Gasteiger partial charge is 0.378 e. The first-order valence-electron chi connectivity index (χ1n) is 8.32. The molecule has 1 heterocycles. The van der Waals surface area contributed by atoms with E-state index in [-0.39, 0.29) is 11.9 Å². The number of carbonyl (C=O) groups is 1. The topological polar surface area (TPSA) is 35.9 Å². The molecule has 124 valence electrons. The SMILES string of the molecule is CCC(=O)N1N=C(c2ccccc2)C[C@@H]1c1ccc(N(C)C)cc1. The van der Waals surface area contributed by atoms with Crippen LogP contribution in [0, 0.1) is 0 Å². The van der Waals surface area contributed by atoms with Crippen LogP contribution in [0.1, 0.15) is 36.9 Å². The number of hydrazone groups is 1. The van der Waals surface area contributed by atoms with E-state index in [2.05, 4.69) is 34.3 Å². The number of rotatable bonds is 4. The Balaban J connectivity index is 1.91. The summed E-state index contributed by atoms with van der Waals surface area (Å²) in [4.78, 5) is 14.4. The zero-order valence-electron chi connectivity index (χ0n) is 14.4. The average molecular weight is 321 g/mol. The average Bonchev–Trinajstić information content (AvgIpc) is 3.07. The highest BCUT2D eigenvalue weighted by atomic mass is 16.2. The molecule has 0 radical (unpaired) electrons. The molecular weight excluding hydrogens is 298 g/mol. The Bertz CT molecular complexity index is 735. The van der Waals surface area contributed by atoms with Crippen molar-refractivity contribution in [2.75, 3.05) is 19.0 Å². The molecule has 24 heavy (non-hydrogen) atoms. The van der Waals surface area contributed by atoms with Crippen molar-refractivity contribution in [1.82, 2.24) is 5.01 Å². The molecule has 3 rings (SSSR count). The van der Waals surface area contributed by atoms with Gasteiger partial charge in [-0.3, -0.25) is 4.79 Å². The summed E-state index contributed by atoms with van der Waals surface area (Å²) in [6.45, 7) is 1.88. The highest BCUT2D eigenvalue weighted by Crippen LogP contribution is 2.33. The van der Waals surface area contributed by atoms with Gasteiger partial charge in [-0.05, 0) is 23.3 Å². The van der Waals surface area contributed by atoms with Gasteiger partial charge in [0.25, 0.3) is 0 Å². The molecule has 0 aliphatic carbocycles. The van der Waals surface area contributed by atoms with Gasteiger partial charge in [-0.15, -0.1) is 0 Å². The van der Waals surface area contributed by atoms with E-state index in [1.807, 2.05) is 51.4 Å². The van der Waals surface area contributed by atoms with Crippen LogP contribution in [0.2, 0.25) is 0 Å². The van der Waals surface area contributed by atoms with Gasteiger partial charge < -0.3 is 4.90 Å². The Morgan fingerprint density at radius 3 is 2.38 bits per heavy atom. The molecule has 2 aromatic carbocycles. The number of nitrogens with zero attached hydrogens (tertiary/aromatic N) is 3. The number of anilines is 1. The number of hydrogen-bond acceptors (Lipinski definition) is 3. The van der Waals surface area contributed by atoms with E-state index < -0.39 is 0 Å². The first-order chi connectivity index (χ1) is 11.6. The van der Waals surface area contributed by atoms with Crippen LogP contribution in [0.15, 0.2) is 59.7 Å². The van der Waals surface area contributed by atoms with Crippen molar-refractivity contribution in [3.63, 3.8) is 0 Å². The predicted octanol–water partition coefficient (Wildman–Crippen LogP) is 3.84. The fraction of sp³-hybridized carbons (Fsp3) is 0.300. The normalized spacial score (nSPS) is 16.9. The Morgan fingerprint density at radius 2 is 1.79 bits per heavy atom. The third kappa shape index (κ3) is 3.18. The Labute approximate surface area is 143 Å². The summed E-state index contributed by atoms with van der Waals surface area (Å²) in [5.41, 5.74) is 4.32. The van der Waals surface area contributed by atoms with Crippen molar-refractivity contribution >= 4 is 17.3 Å². The quantitative estimate of drug-likeness (QED) is 0.858. The maximum Gasteiger partial charge on any atom is 0.242 e. The monoisotopic (exact) mass is 321 g/mol. The van der Waals surface area contributed by atoms with E-state index in [1.54, 1.807) is 5.01 Å². The van der Waals surface area contributed by atoms with Crippen LogP contribution in [0.25, 0.3) is 0 Å². The van der Waals surface area contributed by atoms with Crippen molar-refractivity contribution in [3.05, 3.63) is 65.7 Å². The van der Waals surface area contributed by atoms with Crippen LogP contribution < -0.4 is 4.90 Å². The molecule has 0 unspecified atom stereocenters.